The van der Waals surface area contributed by atoms with Crippen molar-refractivity contribution in [2.24, 2.45) is 5.16 Å². The molecule has 0 aromatic heterocycles. The molecule has 1 N–H and O–H groups in total. The monoisotopic (exact) mass is 409 g/mol. The van der Waals surface area contributed by atoms with Gasteiger partial charge in [-0.1, -0.05) is 64.8 Å². The van der Waals surface area contributed by atoms with Crippen molar-refractivity contribution in [2.45, 2.75) is 5.72 Å². The largest absolute Gasteiger partial charge is 0.349 e. The molecule has 7 heteroatoms. The highest BCUT2D eigenvalue weighted by Gasteiger charge is 2.59. The van der Waals surface area contributed by atoms with E-state index in [1.165, 1.54) is 0 Å². The molecule has 1 amide bonds. The molecule has 0 unspecified atom stereocenters. The lowest BCUT2D eigenvalue weighted by molar-refractivity contribution is -0.137. The fourth-order valence-corrected chi connectivity index (χ4v) is 3.97. The molecule has 0 radical (unpaired) electrons. The molecule has 2 aliphatic heterocycles. The number of nitrogens with zero attached hydrogens (tertiary/aromatic N) is 2. The van der Waals surface area contributed by atoms with Crippen molar-refractivity contribution >= 4 is 46.3 Å². The number of rotatable bonds is 2. The van der Waals surface area contributed by atoms with Crippen molar-refractivity contribution in [3.63, 3.8) is 0 Å². The maximum Gasteiger partial charge on any atom is 0.322 e. The predicted octanol–water partition coefficient (Wildman–Crippen LogP) is 5.00. The van der Waals surface area contributed by atoms with E-state index in [4.69, 9.17) is 28.0 Å². The first-order chi connectivity index (χ1) is 13.6. The first-order valence-electron chi connectivity index (χ1n) is 8.58. The zero-order chi connectivity index (χ0) is 19.3. The van der Waals surface area contributed by atoms with Crippen LogP contribution >= 0.6 is 23.2 Å². The highest BCUT2D eigenvalue weighted by Crippen LogP contribution is 2.47. The second-order valence-electron chi connectivity index (χ2n) is 6.48. The number of amides is 1. The van der Waals surface area contributed by atoms with Crippen LogP contribution in [0, 0.1) is 0 Å². The number of oxime groups is 1. The third kappa shape index (κ3) is 2.40. The zero-order valence-corrected chi connectivity index (χ0v) is 15.9. The number of hydrogen-bond acceptors (Lipinski definition) is 4. The Morgan fingerprint density at radius 2 is 1.68 bits per heavy atom. The van der Waals surface area contributed by atoms with E-state index < -0.39 is 5.72 Å². The fourth-order valence-electron chi connectivity index (χ4n) is 3.60. The number of para-hydroxylation sites is 1. The number of amidine groups is 1. The van der Waals surface area contributed by atoms with E-state index >= 15 is 0 Å². The number of halogens is 2. The van der Waals surface area contributed by atoms with Gasteiger partial charge >= 0.3 is 5.72 Å². The lowest BCUT2D eigenvalue weighted by Crippen LogP contribution is -2.51. The van der Waals surface area contributed by atoms with Crippen molar-refractivity contribution in [2.75, 3.05) is 10.2 Å². The van der Waals surface area contributed by atoms with Crippen molar-refractivity contribution in [1.29, 1.82) is 0 Å². The van der Waals surface area contributed by atoms with Gasteiger partial charge in [-0.05, 0) is 36.4 Å². The standard InChI is InChI=1S/C21H13Cl2N3O2/c22-14-6-3-5-13(11-14)19-25-28-21(26(19)16-8-4-7-15(23)12-16)17-9-1-2-10-18(17)24-20(21)27/h1-12H,(H,24,27)/t21-/m0/s1. The lowest BCUT2D eigenvalue weighted by Gasteiger charge is -2.32. The molecule has 0 saturated carbocycles. The summed E-state index contributed by atoms with van der Waals surface area (Å²) in [5, 5.41) is 8.29. The van der Waals surface area contributed by atoms with Crippen LogP contribution in [-0.2, 0) is 15.4 Å². The molecule has 28 heavy (non-hydrogen) atoms. The Labute approximate surface area is 171 Å². The van der Waals surface area contributed by atoms with Gasteiger partial charge in [-0.3, -0.25) is 9.69 Å². The maximum atomic E-state index is 13.2. The zero-order valence-electron chi connectivity index (χ0n) is 14.4. The Kier molecular flexibility index (Phi) is 3.82. The number of nitrogens with one attached hydrogen (secondary N) is 1. The minimum atomic E-state index is -1.46. The molecule has 138 valence electrons. The van der Waals surface area contributed by atoms with Crippen molar-refractivity contribution in [3.05, 3.63) is 94.0 Å². The Morgan fingerprint density at radius 3 is 2.46 bits per heavy atom. The molecule has 5 nitrogen and oxygen atoms in total. The second-order valence-corrected chi connectivity index (χ2v) is 7.35. The number of carbonyl (C=O) groups is 1. The van der Waals surface area contributed by atoms with Gasteiger partial charge in [0.15, 0.2) is 5.84 Å². The number of fused-ring (bicyclic) bond motifs is 2. The highest BCUT2D eigenvalue weighted by atomic mass is 35.5. The minimum absolute atomic E-state index is 0.325. The molecule has 0 fully saturated rings. The Hall–Kier alpha value is -3.02. The van der Waals surface area contributed by atoms with Gasteiger partial charge in [-0.15, -0.1) is 0 Å². The van der Waals surface area contributed by atoms with Crippen LogP contribution in [0.4, 0.5) is 11.4 Å². The van der Waals surface area contributed by atoms with Crippen LogP contribution in [0.2, 0.25) is 10.0 Å². The van der Waals surface area contributed by atoms with Crippen LogP contribution in [0.3, 0.4) is 0 Å². The van der Waals surface area contributed by atoms with Gasteiger partial charge in [0.2, 0.25) is 0 Å². The summed E-state index contributed by atoms with van der Waals surface area (Å²) < 4.78 is 0. The van der Waals surface area contributed by atoms with Gasteiger partial charge < -0.3 is 10.2 Å². The number of carbonyl (C=O) groups excluding carboxylic acids is 1. The Bertz CT molecular complexity index is 1150. The van der Waals surface area contributed by atoms with Crippen LogP contribution < -0.4 is 10.2 Å². The number of anilines is 2. The van der Waals surface area contributed by atoms with E-state index in [2.05, 4.69) is 10.5 Å². The summed E-state index contributed by atoms with van der Waals surface area (Å²) in [5.74, 6) is 0.145. The molecular formula is C21H13Cl2N3O2. The Morgan fingerprint density at radius 1 is 0.929 bits per heavy atom. The first-order valence-corrected chi connectivity index (χ1v) is 9.34. The third-order valence-electron chi connectivity index (χ3n) is 4.79. The van der Waals surface area contributed by atoms with Gasteiger partial charge in [0.05, 0.1) is 11.3 Å². The Balaban J connectivity index is 1.75. The fraction of sp³-hybridized carbons (Fsp3) is 0.0476. The van der Waals surface area contributed by atoms with E-state index in [0.717, 1.165) is 5.56 Å². The van der Waals surface area contributed by atoms with E-state index in [1.54, 1.807) is 29.2 Å². The molecule has 5 rings (SSSR count). The lowest BCUT2D eigenvalue weighted by atomic mass is 10.00. The van der Waals surface area contributed by atoms with E-state index in [-0.39, 0.29) is 5.91 Å². The minimum Gasteiger partial charge on any atom is -0.349 e. The summed E-state index contributed by atoms with van der Waals surface area (Å²) in [7, 11) is 0. The molecular weight excluding hydrogens is 397 g/mol. The quantitative estimate of drug-likeness (QED) is 0.647. The van der Waals surface area contributed by atoms with Crippen LogP contribution in [-0.4, -0.2) is 11.7 Å². The summed E-state index contributed by atoms with van der Waals surface area (Å²) in [5.41, 5.74) is 1.30. The summed E-state index contributed by atoms with van der Waals surface area (Å²) >= 11 is 12.4. The topological polar surface area (TPSA) is 53.9 Å². The molecule has 3 aromatic rings. The summed E-state index contributed by atoms with van der Waals surface area (Å²) in [6, 6.07) is 21.9. The molecule has 3 aromatic carbocycles. The van der Waals surface area contributed by atoms with E-state index in [0.29, 0.717) is 32.8 Å². The van der Waals surface area contributed by atoms with Crippen LogP contribution in [0.15, 0.2) is 78.0 Å². The first kappa shape index (κ1) is 17.1. The molecule has 1 spiro atoms. The van der Waals surface area contributed by atoms with E-state index in [1.807, 2.05) is 48.5 Å². The smallest absolute Gasteiger partial charge is 0.322 e. The van der Waals surface area contributed by atoms with Crippen LogP contribution in [0.25, 0.3) is 0 Å². The number of benzene rings is 3. The summed E-state index contributed by atoms with van der Waals surface area (Å²) in [6.07, 6.45) is 0. The molecule has 1 atom stereocenters. The average Bonchev–Trinajstić information content (AvgIpc) is 3.22. The third-order valence-corrected chi connectivity index (χ3v) is 5.26. The SMILES string of the molecule is O=C1Nc2ccccc2[C@]12ON=C(c1cccc(Cl)c1)N2c1cccc(Cl)c1. The van der Waals surface area contributed by atoms with Crippen molar-refractivity contribution < 1.29 is 9.63 Å². The van der Waals surface area contributed by atoms with E-state index in [9.17, 15) is 4.79 Å². The van der Waals surface area contributed by atoms with Gasteiger partial charge in [0.25, 0.3) is 5.91 Å². The van der Waals surface area contributed by atoms with Crippen LogP contribution in [0.5, 0.6) is 0 Å². The van der Waals surface area contributed by atoms with Gasteiger partial charge in [-0.25, -0.2) is 0 Å². The molecule has 2 heterocycles. The van der Waals surface area contributed by atoms with Gasteiger partial charge in [0, 0.05) is 21.3 Å². The predicted molar refractivity (Wildman–Crippen MR) is 110 cm³/mol. The highest BCUT2D eigenvalue weighted by molar-refractivity contribution is 6.32. The average molecular weight is 410 g/mol. The molecule has 0 aliphatic carbocycles. The molecule has 2 aliphatic rings. The normalized spacial score (nSPS) is 20.0. The van der Waals surface area contributed by atoms with Gasteiger partial charge in [0.1, 0.15) is 0 Å². The molecule has 0 saturated heterocycles. The molecule has 0 bridgehead atoms. The second kappa shape index (κ2) is 6.26. The van der Waals surface area contributed by atoms with Crippen molar-refractivity contribution in [3.8, 4) is 0 Å². The maximum absolute atomic E-state index is 13.2. The van der Waals surface area contributed by atoms with Crippen LogP contribution in [0.1, 0.15) is 11.1 Å². The summed E-state index contributed by atoms with van der Waals surface area (Å²) in [6.45, 7) is 0. The van der Waals surface area contributed by atoms with Crippen molar-refractivity contribution in [1.82, 2.24) is 0 Å². The summed E-state index contributed by atoms with van der Waals surface area (Å²) in [4.78, 5) is 20.8. The number of hydrogen-bond donors (Lipinski definition) is 1. The van der Waals surface area contributed by atoms with Gasteiger partial charge in [-0.2, -0.15) is 0 Å².